The zero-order chi connectivity index (χ0) is 15.1. The number of hydrogen-bond donors (Lipinski definition) is 3. The van der Waals surface area contributed by atoms with Gasteiger partial charge in [-0.2, -0.15) is 4.98 Å². The quantitative estimate of drug-likeness (QED) is 0.492. The van der Waals surface area contributed by atoms with Gasteiger partial charge in [0, 0.05) is 32.1 Å². The molecule has 0 bridgehead atoms. The van der Waals surface area contributed by atoms with Crippen LogP contribution in [-0.2, 0) is 4.74 Å². The second kappa shape index (κ2) is 7.72. The van der Waals surface area contributed by atoms with Gasteiger partial charge in [-0.05, 0) is 19.2 Å². The molecule has 2 rings (SSSR count). The molecule has 0 atom stereocenters. The van der Waals surface area contributed by atoms with Crippen LogP contribution in [0.25, 0.3) is 10.9 Å². The molecule has 0 aliphatic rings. The van der Waals surface area contributed by atoms with Crippen molar-refractivity contribution in [1.82, 2.24) is 14.9 Å². The van der Waals surface area contributed by atoms with E-state index in [4.69, 9.17) is 10.6 Å². The Morgan fingerprint density at radius 3 is 2.81 bits per heavy atom. The lowest BCUT2D eigenvalue weighted by Crippen LogP contribution is -2.28. The van der Waals surface area contributed by atoms with E-state index in [9.17, 15) is 0 Å². The third-order valence-electron chi connectivity index (χ3n) is 3.20. The predicted octanol–water partition coefficient (Wildman–Crippen LogP) is 0.906. The van der Waals surface area contributed by atoms with Crippen molar-refractivity contribution < 1.29 is 4.74 Å². The molecule has 1 aromatic heterocycles. The van der Waals surface area contributed by atoms with Crippen molar-refractivity contribution >= 4 is 22.7 Å². The summed E-state index contributed by atoms with van der Waals surface area (Å²) in [6.45, 7) is 3.31. The smallest absolute Gasteiger partial charge is 0.239 e. The molecule has 2 aromatic rings. The van der Waals surface area contributed by atoms with E-state index in [2.05, 4.69) is 32.7 Å². The number of nitrogen functional groups attached to an aromatic ring is 1. The highest BCUT2D eigenvalue weighted by molar-refractivity contribution is 5.89. The number of anilines is 2. The summed E-state index contributed by atoms with van der Waals surface area (Å²) in [7, 11) is 3.77. The zero-order valence-corrected chi connectivity index (χ0v) is 12.5. The number of aromatic nitrogens is 2. The van der Waals surface area contributed by atoms with E-state index in [-0.39, 0.29) is 0 Å². The fourth-order valence-corrected chi connectivity index (χ4v) is 2.00. The second-order valence-electron chi connectivity index (χ2n) is 4.78. The Balaban J connectivity index is 2.03. The van der Waals surface area contributed by atoms with Crippen molar-refractivity contribution in [3.63, 3.8) is 0 Å². The van der Waals surface area contributed by atoms with Crippen LogP contribution >= 0.6 is 0 Å². The molecule has 0 unspecified atom stereocenters. The molecule has 21 heavy (non-hydrogen) atoms. The summed E-state index contributed by atoms with van der Waals surface area (Å²) in [6.07, 6.45) is 0. The Morgan fingerprint density at radius 1 is 1.24 bits per heavy atom. The van der Waals surface area contributed by atoms with Gasteiger partial charge in [0.25, 0.3) is 0 Å². The number of benzene rings is 1. The van der Waals surface area contributed by atoms with Gasteiger partial charge in [-0.3, -0.25) is 5.43 Å². The maximum absolute atomic E-state index is 5.42. The largest absolute Gasteiger partial charge is 0.383 e. The lowest BCUT2D eigenvalue weighted by atomic mass is 10.2. The fraction of sp³-hybridized carbons (Fsp3) is 0.429. The van der Waals surface area contributed by atoms with Gasteiger partial charge in [0.05, 0.1) is 12.1 Å². The Bertz CT molecular complexity index is 576. The molecule has 0 amide bonds. The molecule has 1 heterocycles. The van der Waals surface area contributed by atoms with Crippen molar-refractivity contribution in [2.45, 2.75) is 0 Å². The van der Waals surface area contributed by atoms with Gasteiger partial charge in [-0.15, -0.1) is 0 Å². The Kier molecular flexibility index (Phi) is 5.68. The summed E-state index contributed by atoms with van der Waals surface area (Å²) < 4.78 is 5.06. The van der Waals surface area contributed by atoms with Crippen molar-refractivity contribution in [1.29, 1.82) is 0 Å². The molecule has 0 radical (unpaired) electrons. The minimum absolute atomic E-state index is 0.406. The van der Waals surface area contributed by atoms with Crippen LogP contribution in [0, 0.1) is 0 Å². The predicted molar refractivity (Wildman–Crippen MR) is 85.2 cm³/mol. The zero-order valence-electron chi connectivity index (χ0n) is 12.5. The number of hydrazine groups is 1. The molecule has 0 aliphatic heterocycles. The van der Waals surface area contributed by atoms with E-state index in [0.29, 0.717) is 5.95 Å². The highest BCUT2D eigenvalue weighted by Crippen LogP contribution is 2.21. The summed E-state index contributed by atoms with van der Waals surface area (Å²) in [6, 6.07) is 7.84. The van der Waals surface area contributed by atoms with Crippen LogP contribution in [-0.4, -0.2) is 55.3 Å². The summed E-state index contributed by atoms with van der Waals surface area (Å²) >= 11 is 0. The van der Waals surface area contributed by atoms with Crippen LogP contribution in [0.1, 0.15) is 0 Å². The van der Waals surface area contributed by atoms with Gasteiger partial charge >= 0.3 is 0 Å². The molecule has 4 N–H and O–H groups in total. The molecule has 0 saturated heterocycles. The maximum atomic E-state index is 5.42. The average Bonchev–Trinajstić information content (AvgIpc) is 2.52. The van der Waals surface area contributed by atoms with Gasteiger partial charge < -0.3 is 15.0 Å². The lowest BCUT2D eigenvalue weighted by Gasteiger charge is -2.17. The van der Waals surface area contributed by atoms with Gasteiger partial charge in [-0.25, -0.2) is 10.8 Å². The van der Waals surface area contributed by atoms with Gasteiger partial charge in [0.2, 0.25) is 5.95 Å². The first-order chi connectivity index (χ1) is 10.2. The van der Waals surface area contributed by atoms with E-state index >= 15 is 0 Å². The first-order valence-electron chi connectivity index (χ1n) is 6.89. The van der Waals surface area contributed by atoms with Crippen molar-refractivity contribution in [3.05, 3.63) is 24.3 Å². The van der Waals surface area contributed by atoms with Crippen molar-refractivity contribution in [2.24, 2.45) is 5.84 Å². The number of para-hydroxylation sites is 1. The molecular weight excluding hydrogens is 268 g/mol. The molecular formula is C14H22N6O. The molecule has 0 fully saturated rings. The van der Waals surface area contributed by atoms with E-state index in [0.717, 1.165) is 43.0 Å². The normalized spacial score (nSPS) is 11.0. The number of methoxy groups -OCH3 is 1. The highest BCUT2D eigenvalue weighted by atomic mass is 16.5. The average molecular weight is 290 g/mol. The van der Waals surface area contributed by atoms with Gasteiger partial charge in [-0.1, -0.05) is 12.1 Å². The topological polar surface area (TPSA) is 88.3 Å². The first-order valence-corrected chi connectivity index (χ1v) is 6.89. The van der Waals surface area contributed by atoms with Crippen molar-refractivity contribution in [2.75, 3.05) is 51.1 Å². The monoisotopic (exact) mass is 290 g/mol. The van der Waals surface area contributed by atoms with Crippen LogP contribution in [0.2, 0.25) is 0 Å². The number of ether oxygens (including phenoxy) is 1. The number of nitrogens with two attached hydrogens (primary N) is 1. The summed E-state index contributed by atoms with van der Waals surface area (Å²) in [5.74, 6) is 6.61. The molecule has 7 heteroatoms. The number of nitrogens with zero attached hydrogens (tertiary/aromatic N) is 3. The Hall–Kier alpha value is -1.96. The van der Waals surface area contributed by atoms with Gasteiger partial charge in [0.1, 0.15) is 5.82 Å². The fourth-order valence-electron chi connectivity index (χ4n) is 2.00. The highest BCUT2D eigenvalue weighted by Gasteiger charge is 2.06. The summed E-state index contributed by atoms with van der Waals surface area (Å²) in [4.78, 5) is 10.9. The molecule has 7 nitrogen and oxygen atoms in total. The molecule has 0 aliphatic carbocycles. The van der Waals surface area contributed by atoms with Crippen LogP contribution in [0.3, 0.4) is 0 Å². The number of fused-ring (bicyclic) bond motifs is 1. The maximum Gasteiger partial charge on any atom is 0.239 e. The first kappa shape index (κ1) is 15.4. The third-order valence-corrected chi connectivity index (χ3v) is 3.20. The number of hydrogen-bond acceptors (Lipinski definition) is 7. The van der Waals surface area contributed by atoms with Crippen LogP contribution in [0.4, 0.5) is 11.8 Å². The van der Waals surface area contributed by atoms with Gasteiger partial charge in [0.15, 0.2) is 0 Å². The number of rotatable bonds is 8. The molecule has 0 saturated carbocycles. The van der Waals surface area contributed by atoms with Crippen LogP contribution in [0.15, 0.2) is 24.3 Å². The van der Waals surface area contributed by atoms with E-state index in [1.165, 1.54) is 0 Å². The second-order valence-corrected chi connectivity index (χ2v) is 4.78. The molecule has 1 aromatic carbocycles. The van der Waals surface area contributed by atoms with E-state index in [1.54, 1.807) is 7.11 Å². The number of nitrogens with one attached hydrogen (secondary N) is 2. The summed E-state index contributed by atoms with van der Waals surface area (Å²) in [5.41, 5.74) is 3.35. The van der Waals surface area contributed by atoms with Crippen LogP contribution < -0.4 is 16.6 Å². The molecule has 0 spiro atoms. The van der Waals surface area contributed by atoms with E-state index < -0.39 is 0 Å². The Morgan fingerprint density at radius 2 is 2.05 bits per heavy atom. The third kappa shape index (κ3) is 4.25. The van der Waals surface area contributed by atoms with Crippen LogP contribution in [0.5, 0.6) is 0 Å². The minimum atomic E-state index is 0.406. The number of likely N-dealkylation sites (N-methyl/N-ethyl adjacent to an activating group) is 1. The minimum Gasteiger partial charge on any atom is -0.383 e. The Labute approximate surface area is 124 Å². The lowest BCUT2D eigenvalue weighted by molar-refractivity contribution is 0.163. The molecule has 114 valence electrons. The summed E-state index contributed by atoms with van der Waals surface area (Å²) in [5, 5.41) is 4.32. The SMILES string of the molecule is COCCN(C)CCNc1nc(NN)nc2ccccc12. The van der Waals surface area contributed by atoms with E-state index in [1.807, 2.05) is 24.3 Å². The van der Waals surface area contributed by atoms with Crippen molar-refractivity contribution in [3.8, 4) is 0 Å². The standard InChI is InChI=1S/C14H22N6O/c1-20(9-10-21-2)8-7-16-13-11-5-3-4-6-12(11)17-14(18-13)19-15/h3-6H,7-10,15H2,1-2H3,(H2,16,17,18,19).